The molecular weight excluding hydrogens is 398 g/mol. The van der Waals surface area contributed by atoms with Crippen LogP contribution in [-0.4, -0.2) is 33.6 Å². The van der Waals surface area contributed by atoms with Gasteiger partial charge >= 0.3 is 0 Å². The molecule has 2 heterocycles. The molecule has 0 radical (unpaired) electrons. The fraction of sp³-hybridized carbons (Fsp3) is 0.125. The molecule has 3 aromatic rings. The predicted molar refractivity (Wildman–Crippen MR) is 116 cm³/mol. The number of aromatic nitrogens is 1. The van der Waals surface area contributed by atoms with E-state index in [1.165, 1.54) is 4.90 Å². The van der Waals surface area contributed by atoms with Gasteiger partial charge in [0, 0.05) is 31.0 Å². The zero-order valence-electron chi connectivity index (χ0n) is 16.5. The lowest BCUT2D eigenvalue weighted by molar-refractivity contribution is -0.138. The predicted octanol–water partition coefficient (Wildman–Crippen LogP) is 4.15. The highest BCUT2D eigenvalue weighted by Crippen LogP contribution is 2.33. The Kier molecular flexibility index (Phi) is 5.63. The largest absolute Gasteiger partial charge is 0.365 e. The molecule has 0 fully saturated rings. The normalized spacial score (nSPS) is 13.9. The molecule has 30 heavy (non-hydrogen) atoms. The highest BCUT2D eigenvalue weighted by molar-refractivity contribution is 6.35. The first-order valence-electron chi connectivity index (χ1n) is 9.55. The molecule has 0 spiro atoms. The molecule has 1 aromatic heterocycles. The number of amides is 2. The van der Waals surface area contributed by atoms with Crippen LogP contribution < -0.4 is 0 Å². The van der Waals surface area contributed by atoms with Crippen molar-refractivity contribution in [3.63, 3.8) is 0 Å². The SMILES string of the molecule is CN(Cc1ccccc1)C1=C(c2ccc(Cl)cc2)C(=O)N(Cc2cccnc2)C1=O. The van der Waals surface area contributed by atoms with E-state index in [0.717, 1.165) is 11.1 Å². The van der Waals surface area contributed by atoms with Crippen molar-refractivity contribution >= 4 is 29.0 Å². The van der Waals surface area contributed by atoms with E-state index < -0.39 is 0 Å². The van der Waals surface area contributed by atoms with Crippen molar-refractivity contribution in [2.24, 2.45) is 0 Å². The van der Waals surface area contributed by atoms with E-state index >= 15 is 0 Å². The number of benzene rings is 2. The first-order valence-corrected chi connectivity index (χ1v) is 9.93. The Bertz CT molecular complexity index is 1100. The maximum absolute atomic E-state index is 13.4. The van der Waals surface area contributed by atoms with Crippen molar-refractivity contribution < 1.29 is 9.59 Å². The van der Waals surface area contributed by atoms with Gasteiger partial charge in [-0.2, -0.15) is 0 Å². The minimum Gasteiger partial charge on any atom is -0.365 e. The molecule has 0 unspecified atom stereocenters. The average Bonchev–Trinajstić information content (AvgIpc) is 3.00. The van der Waals surface area contributed by atoms with E-state index in [0.29, 0.717) is 28.4 Å². The number of carbonyl (C=O) groups is 2. The van der Waals surface area contributed by atoms with Crippen LogP contribution in [-0.2, 0) is 22.7 Å². The second-order valence-electron chi connectivity index (χ2n) is 7.13. The smallest absolute Gasteiger partial charge is 0.278 e. The molecule has 6 heteroatoms. The summed E-state index contributed by atoms with van der Waals surface area (Å²) in [7, 11) is 1.83. The van der Waals surface area contributed by atoms with Crippen LogP contribution in [0.3, 0.4) is 0 Å². The van der Waals surface area contributed by atoms with Gasteiger partial charge in [0.25, 0.3) is 11.8 Å². The maximum Gasteiger partial charge on any atom is 0.278 e. The Labute approximate surface area is 180 Å². The van der Waals surface area contributed by atoms with E-state index in [9.17, 15) is 9.59 Å². The molecule has 4 rings (SSSR count). The highest BCUT2D eigenvalue weighted by Gasteiger charge is 2.40. The average molecular weight is 418 g/mol. The summed E-state index contributed by atoms with van der Waals surface area (Å²) in [5.74, 6) is -0.631. The van der Waals surface area contributed by atoms with Gasteiger partial charge in [-0.05, 0) is 34.9 Å². The summed E-state index contributed by atoms with van der Waals surface area (Å²) in [4.78, 5) is 33.9. The summed E-state index contributed by atoms with van der Waals surface area (Å²) in [6, 6.07) is 20.5. The first kappa shape index (κ1) is 19.9. The molecule has 0 bridgehead atoms. The van der Waals surface area contributed by atoms with E-state index in [1.807, 2.05) is 48.3 Å². The summed E-state index contributed by atoms with van der Waals surface area (Å²) in [6.07, 6.45) is 3.32. The highest BCUT2D eigenvalue weighted by atomic mass is 35.5. The summed E-state index contributed by atoms with van der Waals surface area (Å²) in [5, 5.41) is 0.572. The third kappa shape index (κ3) is 3.98. The van der Waals surface area contributed by atoms with Crippen LogP contribution in [0.4, 0.5) is 0 Å². The molecule has 1 aliphatic rings. The fourth-order valence-corrected chi connectivity index (χ4v) is 3.67. The number of halogens is 1. The van der Waals surface area contributed by atoms with Crippen molar-refractivity contribution in [3.05, 3.63) is 107 Å². The summed E-state index contributed by atoms with van der Waals surface area (Å²) >= 11 is 6.03. The minimum atomic E-state index is -0.318. The van der Waals surface area contributed by atoms with Crippen LogP contribution in [0.25, 0.3) is 5.57 Å². The van der Waals surface area contributed by atoms with Gasteiger partial charge in [0.15, 0.2) is 0 Å². The molecule has 2 aromatic carbocycles. The van der Waals surface area contributed by atoms with E-state index in [1.54, 1.807) is 42.7 Å². The van der Waals surface area contributed by atoms with Crippen molar-refractivity contribution in [1.29, 1.82) is 0 Å². The van der Waals surface area contributed by atoms with Gasteiger partial charge in [0.05, 0.1) is 12.1 Å². The van der Waals surface area contributed by atoms with Gasteiger partial charge in [0.1, 0.15) is 5.70 Å². The molecular formula is C24H20ClN3O2. The van der Waals surface area contributed by atoms with Gasteiger partial charge in [-0.25, -0.2) is 0 Å². The monoisotopic (exact) mass is 417 g/mol. The quantitative estimate of drug-likeness (QED) is 0.565. The van der Waals surface area contributed by atoms with Gasteiger partial charge in [-0.15, -0.1) is 0 Å². The number of hydrogen-bond acceptors (Lipinski definition) is 4. The zero-order valence-corrected chi connectivity index (χ0v) is 17.2. The second kappa shape index (κ2) is 8.51. The van der Waals surface area contributed by atoms with Crippen molar-refractivity contribution in [2.45, 2.75) is 13.1 Å². The Morgan fingerprint density at radius 1 is 0.900 bits per heavy atom. The maximum atomic E-state index is 13.4. The second-order valence-corrected chi connectivity index (χ2v) is 7.57. The first-order chi connectivity index (χ1) is 14.5. The summed E-state index contributed by atoms with van der Waals surface area (Å²) in [6.45, 7) is 0.679. The Morgan fingerprint density at radius 2 is 1.60 bits per heavy atom. The molecule has 1 aliphatic heterocycles. The number of likely N-dealkylation sites (N-methyl/N-ethyl adjacent to an activating group) is 1. The lowest BCUT2D eigenvalue weighted by atomic mass is 10.0. The number of hydrogen-bond donors (Lipinski definition) is 0. The van der Waals surface area contributed by atoms with Crippen LogP contribution in [0.1, 0.15) is 16.7 Å². The van der Waals surface area contributed by atoms with E-state index in [4.69, 9.17) is 11.6 Å². The van der Waals surface area contributed by atoms with E-state index in [-0.39, 0.29) is 18.4 Å². The summed E-state index contributed by atoms with van der Waals surface area (Å²) in [5.41, 5.74) is 3.28. The van der Waals surface area contributed by atoms with Crippen LogP contribution in [0.2, 0.25) is 5.02 Å². The van der Waals surface area contributed by atoms with Crippen molar-refractivity contribution in [1.82, 2.24) is 14.8 Å². The van der Waals surface area contributed by atoms with Gasteiger partial charge in [0.2, 0.25) is 0 Å². The molecule has 0 saturated heterocycles. The molecule has 0 N–H and O–H groups in total. The topological polar surface area (TPSA) is 53.5 Å². The fourth-order valence-electron chi connectivity index (χ4n) is 3.55. The van der Waals surface area contributed by atoms with Gasteiger partial charge in [-0.3, -0.25) is 19.5 Å². The lowest BCUT2D eigenvalue weighted by Crippen LogP contribution is -2.33. The third-order valence-corrected chi connectivity index (χ3v) is 5.24. The minimum absolute atomic E-state index is 0.172. The third-order valence-electron chi connectivity index (χ3n) is 4.98. The Morgan fingerprint density at radius 3 is 2.27 bits per heavy atom. The van der Waals surface area contributed by atoms with Crippen LogP contribution >= 0.6 is 11.6 Å². The molecule has 0 saturated carbocycles. The number of carbonyl (C=O) groups excluding carboxylic acids is 2. The Balaban J connectivity index is 1.72. The summed E-state index contributed by atoms with van der Waals surface area (Å²) < 4.78 is 0. The number of rotatable bonds is 6. The van der Waals surface area contributed by atoms with Gasteiger partial charge in [-0.1, -0.05) is 60.1 Å². The standard InChI is InChI=1S/C24H20ClN3O2/c1-27(15-17-6-3-2-4-7-17)22-21(19-9-11-20(25)12-10-19)23(29)28(24(22)30)16-18-8-5-13-26-14-18/h2-14H,15-16H2,1H3. The number of pyridine rings is 1. The zero-order chi connectivity index (χ0) is 21.1. The van der Waals surface area contributed by atoms with Gasteiger partial charge < -0.3 is 4.90 Å². The lowest BCUT2D eigenvalue weighted by Gasteiger charge is -2.21. The van der Waals surface area contributed by atoms with Crippen LogP contribution in [0, 0.1) is 0 Å². The molecule has 150 valence electrons. The van der Waals surface area contributed by atoms with Crippen LogP contribution in [0.5, 0.6) is 0 Å². The van der Waals surface area contributed by atoms with Crippen LogP contribution in [0.15, 0.2) is 84.8 Å². The number of imide groups is 1. The molecule has 2 amide bonds. The molecule has 5 nitrogen and oxygen atoms in total. The van der Waals surface area contributed by atoms with Crippen molar-refractivity contribution in [2.75, 3.05) is 7.05 Å². The molecule has 0 aliphatic carbocycles. The Hall–Kier alpha value is -3.44. The molecule has 0 atom stereocenters. The number of nitrogens with zero attached hydrogens (tertiary/aromatic N) is 3. The van der Waals surface area contributed by atoms with Crippen molar-refractivity contribution in [3.8, 4) is 0 Å². The van der Waals surface area contributed by atoms with E-state index in [2.05, 4.69) is 4.98 Å².